The number of rotatable bonds is 2. The summed E-state index contributed by atoms with van der Waals surface area (Å²) in [7, 11) is 0. The van der Waals surface area contributed by atoms with E-state index in [-0.39, 0.29) is 5.82 Å². The molecule has 0 amide bonds. The van der Waals surface area contributed by atoms with Gasteiger partial charge in [0.05, 0.1) is 4.88 Å². The number of aliphatic hydroxyl groups excluding tert-OH is 1. The van der Waals surface area contributed by atoms with Gasteiger partial charge in [-0.3, -0.25) is 0 Å². The molecule has 0 saturated carbocycles. The highest BCUT2D eigenvalue weighted by atomic mass is 79.9. The van der Waals surface area contributed by atoms with Gasteiger partial charge in [0.1, 0.15) is 11.9 Å². The van der Waals surface area contributed by atoms with Gasteiger partial charge in [0.25, 0.3) is 0 Å². The predicted molar refractivity (Wildman–Crippen MR) is 70.2 cm³/mol. The molecule has 0 spiro atoms. The van der Waals surface area contributed by atoms with Crippen LogP contribution in [0.15, 0.2) is 38.6 Å². The summed E-state index contributed by atoms with van der Waals surface area (Å²) in [5, 5.41) is 12.0. The zero-order chi connectivity index (χ0) is 11.7. The van der Waals surface area contributed by atoms with E-state index in [1.807, 2.05) is 11.4 Å². The van der Waals surface area contributed by atoms with Gasteiger partial charge in [-0.25, -0.2) is 4.39 Å². The Bertz CT molecular complexity index is 492. The van der Waals surface area contributed by atoms with E-state index >= 15 is 0 Å². The van der Waals surface area contributed by atoms with Crippen LogP contribution in [0.5, 0.6) is 0 Å². The average Bonchev–Trinajstić information content (AvgIpc) is 2.62. The summed E-state index contributed by atoms with van der Waals surface area (Å²) in [6.07, 6.45) is -0.804. The molecular formula is C11H7Br2FOS. The van der Waals surface area contributed by atoms with Crippen LogP contribution >= 0.6 is 43.2 Å². The Morgan fingerprint density at radius 2 is 2.00 bits per heavy atom. The van der Waals surface area contributed by atoms with Crippen LogP contribution in [0.25, 0.3) is 0 Å². The maximum Gasteiger partial charge on any atom is 0.124 e. The SMILES string of the molecule is OC(c1cc(F)cc(Br)c1)c1sccc1Br. The van der Waals surface area contributed by atoms with Gasteiger partial charge < -0.3 is 5.11 Å². The van der Waals surface area contributed by atoms with Crippen molar-refractivity contribution in [2.24, 2.45) is 0 Å². The molecule has 0 fully saturated rings. The first-order valence-electron chi connectivity index (χ1n) is 4.45. The lowest BCUT2D eigenvalue weighted by Gasteiger charge is -2.10. The third kappa shape index (κ3) is 2.53. The van der Waals surface area contributed by atoms with Gasteiger partial charge in [0, 0.05) is 8.95 Å². The molecule has 0 aliphatic rings. The van der Waals surface area contributed by atoms with Gasteiger partial charge in [0.2, 0.25) is 0 Å². The predicted octanol–water partition coefficient (Wildman–Crippen LogP) is 4.49. The summed E-state index contributed by atoms with van der Waals surface area (Å²) in [5.74, 6) is -0.365. The molecule has 0 saturated heterocycles. The molecule has 1 atom stereocenters. The third-order valence-electron chi connectivity index (χ3n) is 2.09. The fourth-order valence-electron chi connectivity index (χ4n) is 1.38. The molecule has 1 nitrogen and oxygen atoms in total. The van der Waals surface area contributed by atoms with Crippen molar-refractivity contribution < 1.29 is 9.50 Å². The lowest BCUT2D eigenvalue weighted by Crippen LogP contribution is -1.98. The molecule has 2 rings (SSSR count). The van der Waals surface area contributed by atoms with Crippen molar-refractivity contribution in [3.63, 3.8) is 0 Å². The second-order valence-electron chi connectivity index (χ2n) is 3.24. The Kier molecular flexibility index (Phi) is 3.79. The van der Waals surface area contributed by atoms with Gasteiger partial charge in [-0.1, -0.05) is 15.9 Å². The summed E-state index contributed by atoms with van der Waals surface area (Å²) in [5.41, 5.74) is 0.537. The van der Waals surface area contributed by atoms with Crippen molar-refractivity contribution in [2.75, 3.05) is 0 Å². The number of aliphatic hydroxyl groups is 1. The zero-order valence-electron chi connectivity index (χ0n) is 7.95. The first-order valence-corrected chi connectivity index (χ1v) is 6.91. The minimum Gasteiger partial charge on any atom is -0.383 e. The Hall–Kier alpha value is -0.230. The average molecular weight is 366 g/mol. The Morgan fingerprint density at radius 1 is 1.25 bits per heavy atom. The molecule has 16 heavy (non-hydrogen) atoms. The fraction of sp³-hybridized carbons (Fsp3) is 0.0909. The molecule has 1 heterocycles. The first-order chi connectivity index (χ1) is 7.58. The Labute approximate surface area is 113 Å². The van der Waals surface area contributed by atoms with E-state index in [9.17, 15) is 9.50 Å². The molecule has 2 aromatic rings. The lowest BCUT2D eigenvalue weighted by atomic mass is 10.1. The second kappa shape index (κ2) is 4.96. The van der Waals surface area contributed by atoms with E-state index in [2.05, 4.69) is 31.9 Å². The highest BCUT2D eigenvalue weighted by molar-refractivity contribution is 9.10. The van der Waals surface area contributed by atoms with E-state index < -0.39 is 6.10 Å². The molecule has 0 bridgehead atoms. The summed E-state index contributed by atoms with van der Waals surface area (Å²) in [6.45, 7) is 0. The van der Waals surface area contributed by atoms with E-state index in [0.717, 1.165) is 9.35 Å². The minimum absolute atomic E-state index is 0.365. The van der Waals surface area contributed by atoms with Crippen molar-refractivity contribution in [1.82, 2.24) is 0 Å². The highest BCUT2D eigenvalue weighted by Gasteiger charge is 2.16. The summed E-state index contributed by atoms with van der Waals surface area (Å²) in [4.78, 5) is 0.775. The standard InChI is InChI=1S/C11H7Br2FOS/c12-7-3-6(4-8(14)5-7)10(15)11-9(13)1-2-16-11/h1-5,10,15H. The monoisotopic (exact) mass is 364 g/mol. The van der Waals surface area contributed by atoms with Crippen molar-refractivity contribution in [1.29, 1.82) is 0 Å². The van der Waals surface area contributed by atoms with Crippen molar-refractivity contribution in [3.05, 3.63) is 54.8 Å². The maximum atomic E-state index is 13.2. The number of benzene rings is 1. The van der Waals surface area contributed by atoms with E-state index in [4.69, 9.17) is 0 Å². The number of hydrogen-bond donors (Lipinski definition) is 1. The lowest BCUT2D eigenvalue weighted by molar-refractivity contribution is 0.223. The molecule has 5 heteroatoms. The molecule has 1 aromatic carbocycles. The zero-order valence-corrected chi connectivity index (χ0v) is 11.9. The molecule has 0 aliphatic heterocycles. The smallest absolute Gasteiger partial charge is 0.124 e. The van der Waals surface area contributed by atoms with Crippen LogP contribution in [-0.2, 0) is 0 Å². The number of thiophene rings is 1. The fourth-order valence-corrected chi connectivity index (χ4v) is 3.47. The van der Waals surface area contributed by atoms with Crippen LogP contribution in [0, 0.1) is 5.82 Å². The summed E-state index contributed by atoms with van der Waals surface area (Å²) < 4.78 is 14.6. The van der Waals surface area contributed by atoms with Gasteiger partial charge in [-0.15, -0.1) is 11.3 Å². The quantitative estimate of drug-likeness (QED) is 0.831. The molecular weight excluding hydrogens is 359 g/mol. The van der Waals surface area contributed by atoms with Gasteiger partial charge in [-0.2, -0.15) is 0 Å². The normalized spacial score (nSPS) is 12.8. The van der Waals surface area contributed by atoms with Crippen molar-refractivity contribution in [3.8, 4) is 0 Å². The molecule has 84 valence electrons. The first kappa shape index (κ1) is 12.2. The van der Waals surface area contributed by atoms with Crippen molar-refractivity contribution >= 4 is 43.2 Å². The summed E-state index contributed by atoms with van der Waals surface area (Å²) >= 11 is 7.98. The second-order valence-corrected chi connectivity index (χ2v) is 5.96. The molecule has 1 aromatic heterocycles. The molecule has 1 N–H and O–H groups in total. The molecule has 0 aliphatic carbocycles. The van der Waals surface area contributed by atoms with Crippen LogP contribution in [-0.4, -0.2) is 5.11 Å². The van der Waals surface area contributed by atoms with Crippen LogP contribution < -0.4 is 0 Å². The topological polar surface area (TPSA) is 20.2 Å². The minimum atomic E-state index is -0.804. The van der Waals surface area contributed by atoms with Crippen LogP contribution in [0.2, 0.25) is 0 Å². The third-order valence-corrected chi connectivity index (χ3v) is 4.47. The maximum absolute atomic E-state index is 13.2. The van der Waals surface area contributed by atoms with Crippen molar-refractivity contribution in [2.45, 2.75) is 6.10 Å². The van der Waals surface area contributed by atoms with Gasteiger partial charge in [-0.05, 0) is 51.1 Å². The highest BCUT2D eigenvalue weighted by Crippen LogP contribution is 2.34. The van der Waals surface area contributed by atoms with E-state index in [1.165, 1.54) is 23.5 Å². The number of hydrogen-bond acceptors (Lipinski definition) is 2. The van der Waals surface area contributed by atoms with E-state index in [0.29, 0.717) is 10.0 Å². The summed E-state index contributed by atoms with van der Waals surface area (Å²) in [6, 6.07) is 6.26. The van der Waals surface area contributed by atoms with Crippen LogP contribution in [0.1, 0.15) is 16.5 Å². The Balaban J connectivity index is 2.41. The Morgan fingerprint density at radius 3 is 2.56 bits per heavy atom. The van der Waals surface area contributed by atoms with Gasteiger partial charge in [0.15, 0.2) is 0 Å². The largest absolute Gasteiger partial charge is 0.383 e. The van der Waals surface area contributed by atoms with Crippen LogP contribution in [0.3, 0.4) is 0 Å². The van der Waals surface area contributed by atoms with E-state index in [1.54, 1.807) is 6.07 Å². The molecule has 1 unspecified atom stereocenters. The van der Waals surface area contributed by atoms with Gasteiger partial charge >= 0.3 is 0 Å². The molecule has 0 radical (unpaired) electrons. The number of halogens is 3. The van der Waals surface area contributed by atoms with Crippen LogP contribution in [0.4, 0.5) is 4.39 Å².